The standard InChI is InChI=1S/C43H33Cl2F6N3O7/c1-3-61-34-14-20(4-13-33(34)55)36-27-10-11-28-35(39(58)53(37(28)56)25-16-22(42(46,47)48)15-23(17-25)43(49,50)51)29(27)19-30-38(57)54(52-32-12-7-24(44)18-31(32)45)40(59)41(30,36)21-5-8-26(60-2)9-6-21/h4-10,12-18,28-30,35-36,52,55H,3,11,19H2,1-2H3. The van der Waals surface area contributed by atoms with Crippen LogP contribution in [0.25, 0.3) is 0 Å². The molecular weight excluding hydrogens is 855 g/mol. The lowest BCUT2D eigenvalue weighted by Gasteiger charge is -2.50. The number of phenolic OH excluding ortho intramolecular Hbond substituents is 1. The Kier molecular flexibility index (Phi) is 10.3. The number of aromatic hydroxyl groups is 1. The summed E-state index contributed by atoms with van der Waals surface area (Å²) in [6, 6.07) is 15.7. The van der Waals surface area contributed by atoms with Crippen molar-refractivity contribution in [1.82, 2.24) is 5.01 Å². The Balaban J connectivity index is 1.33. The molecule has 0 aromatic heterocycles. The number of carbonyl (C=O) groups excluding carboxylic acids is 4. The smallest absolute Gasteiger partial charge is 0.416 e. The number of rotatable bonds is 8. The summed E-state index contributed by atoms with van der Waals surface area (Å²) >= 11 is 12.6. The highest BCUT2D eigenvalue weighted by molar-refractivity contribution is 6.36. The molecule has 8 rings (SSSR count). The first-order valence-corrected chi connectivity index (χ1v) is 19.6. The SMILES string of the molecule is CCOc1cc(C2C3=CCC4C(=O)N(c5cc(C(F)(F)F)cc(C(F)(F)F)c5)C(=O)C4C3CC3C(=O)N(Nc4ccc(Cl)cc4Cl)C(=O)C32c2ccc(OC)cc2)ccc1O. The molecule has 2 aliphatic heterocycles. The van der Waals surface area contributed by atoms with Gasteiger partial charge in [-0.15, -0.1) is 0 Å². The lowest BCUT2D eigenvalue weighted by Crippen LogP contribution is -2.53. The Labute approximate surface area is 353 Å². The van der Waals surface area contributed by atoms with Crippen LogP contribution in [0.2, 0.25) is 10.0 Å². The largest absolute Gasteiger partial charge is 0.504 e. The number of anilines is 2. The second-order valence-electron chi connectivity index (χ2n) is 15.1. The van der Waals surface area contributed by atoms with Crippen molar-refractivity contribution >= 4 is 58.2 Å². The van der Waals surface area contributed by atoms with Gasteiger partial charge in [0.25, 0.3) is 11.8 Å². The van der Waals surface area contributed by atoms with Crippen molar-refractivity contribution in [2.75, 3.05) is 24.0 Å². The lowest BCUT2D eigenvalue weighted by atomic mass is 9.49. The molecule has 4 aromatic rings. The van der Waals surface area contributed by atoms with E-state index in [1.165, 1.54) is 43.5 Å². The van der Waals surface area contributed by atoms with Gasteiger partial charge in [0.1, 0.15) is 5.75 Å². The third-order valence-corrected chi connectivity index (χ3v) is 12.6. The molecule has 2 N–H and O–H groups in total. The zero-order valence-corrected chi connectivity index (χ0v) is 33.4. The highest BCUT2D eigenvalue weighted by Crippen LogP contribution is 2.65. The van der Waals surface area contributed by atoms with Gasteiger partial charge in [-0.3, -0.25) is 24.6 Å². The van der Waals surface area contributed by atoms with Crippen LogP contribution >= 0.6 is 23.2 Å². The molecular formula is C43H33Cl2F6N3O7. The molecule has 1 saturated carbocycles. The van der Waals surface area contributed by atoms with Gasteiger partial charge in [0.15, 0.2) is 11.5 Å². The number of hydrogen-bond donors (Lipinski definition) is 2. The molecule has 61 heavy (non-hydrogen) atoms. The minimum absolute atomic E-state index is 0.0286. The molecule has 0 radical (unpaired) electrons. The summed E-state index contributed by atoms with van der Waals surface area (Å²) in [6.45, 7) is 1.81. The number of hydrogen-bond acceptors (Lipinski definition) is 8. The summed E-state index contributed by atoms with van der Waals surface area (Å²) in [6.07, 6.45) is -9.33. The van der Waals surface area contributed by atoms with E-state index < -0.39 is 87.8 Å². The predicted octanol–water partition coefficient (Wildman–Crippen LogP) is 9.33. The zero-order valence-electron chi connectivity index (χ0n) is 31.9. The van der Waals surface area contributed by atoms with Gasteiger partial charge in [-0.1, -0.05) is 53.1 Å². The topological polar surface area (TPSA) is 125 Å². The quantitative estimate of drug-likeness (QED) is 0.102. The maximum Gasteiger partial charge on any atom is 0.416 e. The van der Waals surface area contributed by atoms with Gasteiger partial charge >= 0.3 is 12.4 Å². The van der Waals surface area contributed by atoms with Crippen molar-refractivity contribution in [1.29, 1.82) is 0 Å². The third kappa shape index (κ3) is 6.74. The molecule has 18 heteroatoms. The van der Waals surface area contributed by atoms with Crippen LogP contribution < -0.4 is 19.8 Å². The fourth-order valence-electron chi connectivity index (χ4n) is 9.52. The number of hydrazine groups is 1. The molecule has 2 heterocycles. The van der Waals surface area contributed by atoms with Gasteiger partial charge in [-0.05, 0) is 97.5 Å². The van der Waals surface area contributed by atoms with Crippen LogP contribution in [0.15, 0.2) is 90.5 Å². The van der Waals surface area contributed by atoms with Crippen LogP contribution in [-0.2, 0) is 36.9 Å². The molecule has 4 amide bonds. The highest BCUT2D eigenvalue weighted by Gasteiger charge is 2.70. The minimum atomic E-state index is -5.26. The molecule has 6 unspecified atom stereocenters. The Morgan fingerprint density at radius 2 is 1.51 bits per heavy atom. The number of halogens is 8. The van der Waals surface area contributed by atoms with Crippen molar-refractivity contribution in [3.8, 4) is 17.2 Å². The van der Waals surface area contributed by atoms with Crippen molar-refractivity contribution in [3.63, 3.8) is 0 Å². The average molecular weight is 889 g/mol. The first-order valence-electron chi connectivity index (χ1n) is 18.9. The summed E-state index contributed by atoms with van der Waals surface area (Å²) in [4.78, 5) is 59.6. The van der Waals surface area contributed by atoms with Gasteiger partial charge in [-0.25, -0.2) is 4.90 Å². The second kappa shape index (κ2) is 15.0. The molecule has 4 aliphatic rings. The molecule has 3 fully saturated rings. The summed E-state index contributed by atoms with van der Waals surface area (Å²) < 4.78 is 95.0. The van der Waals surface area contributed by atoms with Crippen molar-refractivity contribution < 1.29 is 60.1 Å². The third-order valence-electron chi connectivity index (χ3n) is 12.0. The number of methoxy groups -OCH3 is 1. The summed E-state index contributed by atoms with van der Waals surface area (Å²) in [7, 11) is 1.44. The number of fused-ring (bicyclic) bond motifs is 4. The van der Waals surface area contributed by atoms with Crippen LogP contribution in [0, 0.1) is 23.7 Å². The number of carbonyl (C=O) groups is 4. The highest BCUT2D eigenvalue weighted by atomic mass is 35.5. The monoisotopic (exact) mass is 887 g/mol. The van der Waals surface area contributed by atoms with Crippen LogP contribution in [0.4, 0.5) is 37.7 Å². The van der Waals surface area contributed by atoms with Gasteiger partial charge in [0.2, 0.25) is 11.8 Å². The number of alkyl halides is 6. The Morgan fingerprint density at radius 1 is 0.836 bits per heavy atom. The van der Waals surface area contributed by atoms with Crippen molar-refractivity contribution in [2.24, 2.45) is 23.7 Å². The van der Waals surface area contributed by atoms with E-state index in [1.807, 2.05) is 0 Å². The van der Waals surface area contributed by atoms with E-state index >= 15 is 4.79 Å². The summed E-state index contributed by atoms with van der Waals surface area (Å²) in [5.41, 5.74) is -2.05. The van der Waals surface area contributed by atoms with Gasteiger partial charge in [0.05, 0.1) is 64.4 Å². The molecule has 6 atom stereocenters. The van der Waals surface area contributed by atoms with Crippen LogP contribution in [-0.4, -0.2) is 47.5 Å². The number of nitrogens with zero attached hydrogens (tertiary/aromatic N) is 2. The average Bonchev–Trinajstić information content (AvgIpc) is 3.59. The zero-order chi connectivity index (χ0) is 43.9. The lowest BCUT2D eigenvalue weighted by molar-refractivity contribution is -0.143. The van der Waals surface area contributed by atoms with E-state index in [1.54, 1.807) is 37.3 Å². The summed E-state index contributed by atoms with van der Waals surface area (Å²) in [5, 5.41) is 11.9. The summed E-state index contributed by atoms with van der Waals surface area (Å²) in [5.74, 6) is -9.49. The maximum absolute atomic E-state index is 15.5. The molecule has 10 nitrogen and oxygen atoms in total. The predicted molar refractivity (Wildman–Crippen MR) is 209 cm³/mol. The van der Waals surface area contributed by atoms with Gasteiger partial charge in [-0.2, -0.15) is 31.4 Å². The van der Waals surface area contributed by atoms with E-state index in [2.05, 4.69) is 5.43 Å². The van der Waals surface area contributed by atoms with E-state index in [-0.39, 0.29) is 52.7 Å². The van der Waals surface area contributed by atoms with Gasteiger partial charge < -0.3 is 14.6 Å². The van der Waals surface area contributed by atoms with Crippen LogP contribution in [0.3, 0.4) is 0 Å². The number of amides is 4. The first-order chi connectivity index (χ1) is 28.8. The van der Waals surface area contributed by atoms with E-state index in [0.717, 1.165) is 5.01 Å². The molecule has 2 aliphatic carbocycles. The number of allylic oxidation sites excluding steroid dienone is 2. The Bertz CT molecular complexity index is 2500. The Morgan fingerprint density at radius 3 is 2.11 bits per heavy atom. The van der Waals surface area contributed by atoms with E-state index in [0.29, 0.717) is 39.5 Å². The fraction of sp³-hybridized carbons (Fsp3) is 0.302. The molecule has 4 aromatic carbocycles. The van der Waals surface area contributed by atoms with Crippen LogP contribution in [0.5, 0.6) is 17.2 Å². The molecule has 0 bridgehead atoms. The minimum Gasteiger partial charge on any atom is -0.504 e. The molecule has 2 saturated heterocycles. The molecule has 0 spiro atoms. The number of nitrogens with one attached hydrogen (secondary N) is 1. The number of imide groups is 2. The second-order valence-corrected chi connectivity index (χ2v) is 16.0. The fourth-order valence-corrected chi connectivity index (χ4v) is 9.97. The van der Waals surface area contributed by atoms with Crippen molar-refractivity contribution in [3.05, 3.63) is 123 Å². The number of phenols is 1. The first kappa shape index (κ1) is 42.0. The van der Waals surface area contributed by atoms with Crippen LogP contribution in [0.1, 0.15) is 47.9 Å². The van der Waals surface area contributed by atoms with Crippen molar-refractivity contribution in [2.45, 2.75) is 43.5 Å². The number of ether oxygens (including phenoxy) is 2. The number of benzene rings is 4. The molecule has 318 valence electrons. The Hall–Kier alpha value is -5.74. The maximum atomic E-state index is 15.5. The van der Waals surface area contributed by atoms with E-state index in [9.17, 15) is 45.8 Å². The normalized spacial score (nSPS) is 25.0. The van der Waals surface area contributed by atoms with Gasteiger partial charge in [0, 0.05) is 10.9 Å². The van der Waals surface area contributed by atoms with E-state index in [4.69, 9.17) is 32.7 Å².